The molecule has 34 heavy (non-hydrogen) atoms. The van der Waals surface area contributed by atoms with Crippen LogP contribution in [0.15, 0.2) is 30.3 Å². The van der Waals surface area contributed by atoms with Gasteiger partial charge in [0.2, 0.25) is 5.91 Å². The van der Waals surface area contributed by atoms with E-state index in [9.17, 15) is 22.6 Å². The van der Waals surface area contributed by atoms with Crippen molar-refractivity contribution in [2.75, 3.05) is 32.9 Å². The molecule has 14 heteroatoms. The van der Waals surface area contributed by atoms with Crippen LogP contribution in [0.4, 0.5) is 0 Å². The Labute approximate surface area is 199 Å². The molecule has 1 aromatic carbocycles. The molecule has 1 heterocycles. The number of phosphoric acid groups is 1. The number of ketones is 1. The molecule has 12 nitrogen and oxygen atoms in total. The monoisotopic (exact) mass is 521 g/mol. The summed E-state index contributed by atoms with van der Waals surface area (Å²) in [4.78, 5) is 43.6. The van der Waals surface area contributed by atoms with Crippen LogP contribution in [0.5, 0.6) is 0 Å². The lowest BCUT2D eigenvalue weighted by Crippen LogP contribution is -2.56. The van der Waals surface area contributed by atoms with Gasteiger partial charge in [0.15, 0.2) is 5.78 Å². The number of hydrogen-bond acceptors (Lipinski definition) is 7. The van der Waals surface area contributed by atoms with Crippen LogP contribution in [0.3, 0.4) is 0 Å². The Balaban J connectivity index is 2.19. The van der Waals surface area contributed by atoms with Crippen LogP contribution in [0.1, 0.15) is 25.8 Å². The fraction of sp³-hybridized carbons (Fsp3) is 0.600. The summed E-state index contributed by atoms with van der Waals surface area (Å²) in [6, 6.07) is 6.35. The first-order valence-corrected chi connectivity index (χ1v) is 13.8. The number of amides is 1. The molecule has 1 aliphatic heterocycles. The zero-order chi connectivity index (χ0) is 25.4. The van der Waals surface area contributed by atoms with Gasteiger partial charge in [-0.2, -0.15) is 17.4 Å². The number of rotatable bonds is 13. The van der Waals surface area contributed by atoms with Crippen molar-refractivity contribution in [2.45, 2.75) is 38.8 Å². The number of morpholine rings is 1. The zero-order valence-corrected chi connectivity index (χ0v) is 20.8. The largest absolute Gasteiger partial charge is 0.470 e. The number of carbonyl (C=O) groups excluding carboxylic acids is 2. The molecule has 2 atom stereocenters. The van der Waals surface area contributed by atoms with Gasteiger partial charge >= 0.3 is 7.82 Å². The van der Waals surface area contributed by atoms with E-state index in [4.69, 9.17) is 14.5 Å². The SMILES string of the molecule is CC(C)C[C@H](NS(=O)(=O)N1CCOCC1)C(=O)N[C@@H](Cc1ccccc1)C(=O)COP(=O)(O)O. The lowest BCUT2D eigenvalue weighted by molar-refractivity contribution is -0.130. The highest BCUT2D eigenvalue weighted by molar-refractivity contribution is 7.87. The van der Waals surface area contributed by atoms with Crippen LogP contribution in [0, 0.1) is 5.92 Å². The van der Waals surface area contributed by atoms with Crippen molar-refractivity contribution in [3.05, 3.63) is 35.9 Å². The minimum Gasteiger partial charge on any atom is -0.379 e. The molecule has 1 amide bonds. The van der Waals surface area contributed by atoms with Gasteiger partial charge in [-0.1, -0.05) is 44.2 Å². The quantitative estimate of drug-likeness (QED) is 0.260. The molecule has 0 aliphatic carbocycles. The third-order valence-electron chi connectivity index (χ3n) is 4.99. The number of phosphoric ester groups is 1. The third-order valence-corrected chi connectivity index (χ3v) is 7.08. The highest BCUT2D eigenvalue weighted by Gasteiger charge is 2.33. The Kier molecular flexibility index (Phi) is 10.8. The Morgan fingerprint density at radius 2 is 1.76 bits per heavy atom. The molecule has 0 spiro atoms. The molecule has 1 saturated heterocycles. The summed E-state index contributed by atoms with van der Waals surface area (Å²) in [5.41, 5.74) is 0.687. The van der Waals surface area contributed by atoms with Crippen LogP contribution in [-0.4, -0.2) is 79.2 Å². The average molecular weight is 522 g/mol. The van der Waals surface area contributed by atoms with E-state index in [1.54, 1.807) is 30.3 Å². The standard InChI is InChI=1S/C20H32N3O9PS/c1-15(2)12-18(22-34(29,30)23-8-10-31-11-9-23)20(25)21-17(13-16-6-4-3-5-7-16)19(24)14-32-33(26,27)28/h3-7,15,17-18,22H,8-14H2,1-2H3,(H,21,25)(H2,26,27,28)/t17-,18-/m0/s1. The minimum atomic E-state index is -4.90. The molecular weight excluding hydrogens is 489 g/mol. The van der Waals surface area contributed by atoms with E-state index >= 15 is 0 Å². The van der Waals surface area contributed by atoms with Crippen LogP contribution in [0.25, 0.3) is 0 Å². The number of hydrogen-bond donors (Lipinski definition) is 4. The van der Waals surface area contributed by atoms with E-state index in [1.807, 2.05) is 13.8 Å². The first kappa shape index (κ1) is 28.5. The van der Waals surface area contributed by atoms with Gasteiger partial charge in [-0.05, 0) is 24.3 Å². The van der Waals surface area contributed by atoms with Gasteiger partial charge in [0.1, 0.15) is 12.6 Å². The summed E-state index contributed by atoms with van der Waals surface area (Å²) in [6.07, 6.45) is 0.196. The molecule has 192 valence electrons. The van der Waals surface area contributed by atoms with Crippen molar-refractivity contribution in [1.82, 2.24) is 14.3 Å². The van der Waals surface area contributed by atoms with Crippen molar-refractivity contribution >= 4 is 29.7 Å². The van der Waals surface area contributed by atoms with E-state index in [-0.39, 0.29) is 45.1 Å². The highest BCUT2D eigenvalue weighted by Crippen LogP contribution is 2.35. The molecule has 0 radical (unpaired) electrons. The van der Waals surface area contributed by atoms with E-state index in [0.717, 1.165) is 0 Å². The van der Waals surface area contributed by atoms with E-state index < -0.39 is 48.4 Å². The number of nitrogens with one attached hydrogen (secondary N) is 2. The summed E-state index contributed by atoms with van der Waals surface area (Å²) >= 11 is 0. The van der Waals surface area contributed by atoms with Crippen molar-refractivity contribution in [3.8, 4) is 0 Å². The summed E-state index contributed by atoms with van der Waals surface area (Å²) < 4.78 is 49.7. The van der Waals surface area contributed by atoms with Gasteiger partial charge < -0.3 is 19.8 Å². The van der Waals surface area contributed by atoms with Gasteiger partial charge in [0.05, 0.1) is 19.3 Å². The Hall–Kier alpha value is -1.70. The maximum Gasteiger partial charge on any atom is 0.470 e. The van der Waals surface area contributed by atoms with Gasteiger partial charge in [-0.3, -0.25) is 14.1 Å². The summed E-state index contributed by atoms with van der Waals surface area (Å²) in [5, 5.41) is 2.54. The average Bonchev–Trinajstić information content (AvgIpc) is 2.77. The molecular formula is C20H32N3O9PS. The van der Waals surface area contributed by atoms with Gasteiger partial charge in [0, 0.05) is 13.1 Å². The molecule has 0 saturated carbocycles. The van der Waals surface area contributed by atoms with E-state index in [1.165, 1.54) is 4.31 Å². The molecule has 4 N–H and O–H groups in total. The summed E-state index contributed by atoms with van der Waals surface area (Å²) in [6.45, 7) is 3.52. The first-order valence-electron chi connectivity index (χ1n) is 10.8. The molecule has 0 bridgehead atoms. The van der Waals surface area contributed by atoms with Gasteiger partial charge in [0.25, 0.3) is 10.2 Å². The van der Waals surface area contributed by atoms with Crippen LogP contribution < -0.4 is 10.0 Å². The van der Waals surface area contributed by atoms with Crippen LogP contribution in [0.2, 0.25) is 0 Å². The Bertz CT molecular complexity index is 963. The van der Waals surface area contributed by atoms with Gasteiger partial charge in [-0.15, -0.1) is 0 Å². The maximum atomic E-state index is 13.1. The zero-order valence-electron chi connectivity index (χ0n) is 19.1. The van der Waals surface area contributed by atoms with E-state index in [0.29, 0.717) is 5.56 Å². The van der Waals surface area contributed by atoms with Crippen molar-refractivity contribution in [1.29, 1.82) is 0 Å². The second kappa shape index (κ2) is 12.8. The van der Waals surface area contributed by atoms with Crippen molar-refractivity contribution < 1.29 is 41.6 Å². The van der Waals surface area contributed by atoms with Crippen LogP contribution in [-0.2, 0) is 40.0 Å². The predicted molar refractivity (Wildman–Crippen MR) is 123 cm³/mol. The Morgan fingerprint density at radius 3 is 2.32 bits per heavy atom. The lowest BCUT2D eigenvalue weighted by Gasteiger charge is -2.29. The van der Waals surface area contributed by atoms with Crippen molar-refractivity contribution in [3.63, 3.8) is 0 Å². The Morgan fingerprint density at radius 1 is 1.15 bits per heavy atom. The normalized spacial score (nSPS) is 17.3. The van der Waals surface area contributed by atoms with Crippen LogP contribution >= 0.6 is 7.82 Å². The third kappa shape index (κ3) is 9.88. The minimum absolute atomic E-state index is 0.0283. The molecule has 0 aromatic heterocycles. The molecule has 1 aromatic rings. The fourth-order valence-electron chi connectivity index (χ4n) is 3.34. The molecule has 0 unspecified atom stereocenters. The smallest absolute Gasteiger partial charge is 0.379 e. The number of ether oxygens (including phenoxy) is 1. The topological polar surface area (TPSA) is 172 Å². The molecule has 1 aliphatic rings. The summed E-state index contributed by atoms with van der Waals surface area (Å²) in [5.74, 6) is -1.54. The fourth-order valence-corrected chi connectivity index (χ4v) is 4.97. The van der Waals surface area contributed by atoms with Crippen molar-refractivity contribution in [2.24, 2.45) is 5.92 Å². The predicted octanol–water partition coefficient (Wildman–Crippen LogP) is -0.0264. The lowest BCUT2D eigenvalue weighted by atomic mass is 10.0. The van der Waals surface area contributed by atoms with E-state index in [2.05, 4.69) is 14.6 Å². The van der Waals surface area contributed by atoms with Gasteiger partial charge in [-0.25, -0.2) is 4.57 Å². The number of Topliss-reactive ketones (excluding diaryl/α,β-unsaturated/α-hetero) is 1. The second-order valence-corrected chi connectivity index (χ2v) is 11.2. The number of nitrogens with zero attached hydrogens (tertiary/aromatic N) is 1. The molecule has 2 rings (SSSR count). The maximum absolute atomic E-state index is 13.1. The first-order chi connectivity index (χ1) is 15.9. The highest BCUT2D eigenvalue weighted by atomic mass is 32.2. The number of carbonyl (C=O) groups is 2. The second-order valence-electron chi connectivity index (χ2n) is 8.30. The summed E-state index contributed by atoms with van der Waals surface area (Å²) in [7, 11) is -8.89. The number of benzene rings is 1. The molecule has 1 fully saturated rings.